The van der Waals surface area contributed by atoms with Crippen molar-refractivity contribution < 1.29 is 22.9 Å². The molecule has 2 amide bonds. The van der Waals surface area contributed by atoms with Crippen molar-refractivity contribution in [2.24, 2.45) is 5.92 Å². The van der Waals surface area contributed by atoms with Crippen LogP contribution >= 0.6 is 0 Å². The number of benzene rings is 1. The fourth-order valence-corrected chi connectivity index (χ4v) is 4.57. The number of rotatable bonds is 4. The molecular weight excluding hydrogens is 406 g/mol. The number of nitrogens with one attached hydrogen (secondary N) is 1. The van der Waals surface area contributed by atoms with Crippen molar-refractivity contribution in [1.82, 2.24) is 20.4 Å². The standard InChI is InChI=1S/C22H26F2N4O3/c1-14-25-21(27-31-14)22(9-3-2-4-10-22)26-19(29)15-7-11-28(12-8-15)20(30)17-6-5-16(23)13-18(17)24/h5-6,13,15H,2-4,7-12H2,1H3,(H,26,29). The summed E-state index contributed by atoms with van der Waals surface area (Å²) in [6.45, 7) is 2.40. The Kier molecular flexibility index (Phi) is 6.02. The molecule has 1 aromatic carbocycles. The Hall–Kier alpha value is -2.84. The average molecular weight is 432 g/mol. The van der Waals surface area contributed by atoms with Gasteiger partial charge in [-0.1, -0.05) is 24.4 Å². The summed E-state index contributed by atoms with van der Waals surface area (Å²) in [5.41, 5.74) is -0.768. The van der Waals surface area contributed by atoms with Gasteiger partial charge in [0.25, 0.3) is 5.91 Å². The number of aryl methyl sites for hydroxylation is 1. The van der Waals surface area contributed by atoms with Gasteiger partial charge in [0.15, 0.2) is 5.82 Å². The van der Waals surface area contributed by atoms with Gasteiger partial charge in [0, 0.05) is 32.0 Å². The first-order chi connectivity index (χ1) is 14.9. The summed E-state index contributed by atoms with van der Waals surface area (Å²) in [6, 6.07) is 2.93. The van der Waals surface area contributed by atoms with Gasteiger partial charge in [0.2, 0.25) is 11.8 Å². The van der Waals surface area contributed by atoms with Crippen LogP contribution in [-0.2, 0) is 10.3 Å². The van der Waals surface area contributed by atoms with Gasteiger partial charge in [-0.3, -0.25) is 9.59 Å². The van der Waals surface area contributed by atoms with Crippen LogP contribution in [0, 0.1) is 24.5 Å². The third kappa shape index (κ3) is 4.45. The topological polar surface area (TPSA) is 88.3 Å². The van der Waals surface area contributed by atoms with Crippen molar-refractivity contribution in [3.05, 3.63) is 47.1 Å². The maximum atomic E-state index is 14.0. The molecule has 9 heteroatoms. The number of amides is 2. The molecule has 0 bridgehead atoms. The number of halogens is 2. The Morgan fingerprint density at radius 3 is 2.48 bits per heavy atom. The van der Waals surface area contributed by atoms with E-state index in [2.05, 4.69) is 15.5 Å². The van der Waals surface area contributed by atoms with Gasteiger partial charge >= 0.3 is 0 Å². The predicted octanol–water partition coefficient (Wildman–Crippen LogP) is 3.48. The smallest absolute Gasteiger partial charge is 0.256 e. The van der Waals surface area contributed by atoms with Crippen LogP contribution in [0.2, 0.25) is 0 Å². The highest BCUT2D eigenvalue weighted by Gasteiger charge is 2.41. The van der Waals surface area contributed by atoms with Crippen molar-refractivity contribution in [2.75, 3.05) is 13.1 Å². The first-order valence-corrected chi connectivity index (χ1v) is 10.8. The normalized spacial score (nSPS) is 19.3. The van der Waals surface area contributed by atoms with Gasteiger partial charge in [-0.05, 0) is 37.8 Å². The Balaban J connectivity index is 1.40. The van der Waals surface area contributed by atoms with E-state index in [9.17, 15) is 18.4 Å². The molecule has 31 heavy (non-hydrogen) atoms. The quantitative estimate of drug-likeness (QED) is 0.799. The molecule has 1 N–H and O–H groups in total. The molecule has 4 rings (SSSR count). The lowest BCUT2D eigenvalue weighted by atomic mass is 9.80. The molecule has 0 radical (unpaired) electrons. The second kappa shape index (κ2) is 8.72. The van der Waals surface area contributed by atoms with E-state index in [-0.39, 0.29) is 17.4 Å². The van der Waals surface area contributed by atoms with Crippen LogP contribution in [-0.4, -0.2) is 39.9 Å². The summed E-state index contributed by atoms with van der Waals surface area (Å²) in [5.74, 6) is -1.43. The summed E-state index contributed by atoms with van der Waals surface area (Å²) in [6.07, 6.45) is 5.53. The summed E-state index contributed by atoms with van der Waals surface area (Å²) < 4.78 is 32.2. The van der Waals surface area contributed by atoms with Crippen molar-refractivity contribution in [1.29, 1.82) is 0 Å². The molecule has 0 atom stereocenters. The van der Waals surface area contributed by atoms with Crippen LogP contribution in [0.25, 0.3) is 0 Å². The van der Waals surface area contributed by atoms with Gasteiger partial charge in [-0.15, -0.1) is 0 Å². The lowest BCUT2D eigenvalue weighted by Crippen LogP contribution is -2.51. The minimum Gasteiger partial charge on any atom is -0.343 e. The van der Waals surface area contributed by atoms with E-state index in [1.54, 1.807) is 6.92 Å². The van der Waals surface area contributed by atoms with E-state index < -0.39 is 23.1 Å². The second-order valence-electron chi connectivity index (χ2n) is 8.46. The first-order valence-electron chi connectivity index (χ1n) is 10.8. The average Bonchev–Trinajstić information content (AvgIpc) is 3.21. The molecule has 1 saturated heterocycles. The molecule has 1 aromatic heterocycles. The zero-order chi connectivity index (χ0) is 22.0. The lowest BCUT2D eigenvalue weighted by Gasteiger charge is -2.38. The van der Waals surface area contributed by atoms with Crippen LogP contribution in [0.15, 0.2) is 22.7 Å². The highest BCUT2D eigenvalue weighted by Crippen LogP contribution is 2.36. The molecule has 1 aliphatic carbocycles. The Labute approximate surface area is 179 Å². The molecule has 2 fully saturated rings. The monoisotopic (exact) mass is 432 g/mol. The minimum atomic E-state index is -0.875. The van der Waals surface area contributed by atoms with Crippen LogP contribution in [0.3, 0.4) is 0 Å². The maximum Gasteiger partial charge on any atom is 0.256 e. The molecule has 2 aromatic rings. The Morgan fingerprint density at radius 2 is 1.87 bits per heavy atom. The molecular formula is C22H26F2N4O3. The van der Waals surface area contributed by atoms with Crippen molar-refractivity contribution in [3.63, 3.8) is 0 Å². The lowest BCUT2D eigenvalue weighted by molar-refractivity contribution is -0.129. The number of nitrogens with zero attached hydrogens (tertiary/aromatic N) is 3. The predicted molar refractivity (Wildman–Crippen MR) is 107 cm³/mol. The van der Waals surface area contributed by atoms with Crippen LogP contribution in [0.5, 0.6) is 0 Å². The number of carbonyl (C=O) groups is 2. The summed E-state index contributed by atoms with van der Waals surface area (Å²) in [7, 11) is 0. The third-order valence-electron chi connectivity index (χ3n) is 6.34. The number of hydrogen-bond acceptors (Lipinski definition) is 5. The SMILES string of the molecule is Cc1nc(C2(NC(=O)C3CCN(C(=O)c4ccc(F)cc4F)CC3)CCCCC2)no1. The van der Waals surface area contributed by atoms with E-state index in [4.69, 9.17) is 4.52 Å². The van der Waals surface area contributed by atoms with Crippen molar-refractivity contribution >= 4 is 11.8 Å². The van der Waals surface area contributed by atoms with Gasteiger partial charge in [-0.2, -0.15) is 4.98 Å². The van der Waals surface area contributed by atoms with Crippen molar-refractivity contribution in [3.8, 4) is 0 Å². The molecule has 2 heterocycles. The minimum absolute atomic E-state index is 0.0792. The van der Waals surface area contributed by atoms with Crippen molar-refractivity contribution in [2.45, 2.75) is 57.4 Å². The third-order valence-corrected chi connectivity index (χ3v) is 6.34. The molecule has 7 nitrogen and oxygen atoms in total. The number of carbonyl (C=O) groups excluding carboxylic acids is 2. The zero-order valence-electron chi connectivity index (χ0n) is 17.5. The Morgan fingerprint density at radius 1 is 1.16 bits per heavy atom. The van der Waals surface area contributed by atoms with Crippen LogP contribution in [0.4, 0.5) is 8.78 Å². The first kappa shape index (κ1) is 21.4. The number of piperidine rings is 1. The van der Waals surface area contributed by atoms with Crippen LogP contribution in [0.1, 0.15) is 67.0 Å². The van der Waals surface area contributed by atoms with Crippen LogP contribution < -0.4 is 5.32 Å². The zero-order valence-corrected chi connectivity index (χ0v) is 17.5. The van der Waals surface area contributed by atoms with E-state index in [0.717, 1.165) is 44.2 Å². The number of hydrogen-bond donors (Lipinski definition) is 1. The summed E-state index contributed by atoms with van der Waals surface area (Å²) >= 11 is 0. The van der Waals surface area contributed by atoms with Gasteiger partial charge in [-0.25, -0.2) is 8.78 Å². The highest BCUT2D eigenvalue weighted by atomic mass is 19.1. The maximum absolute atomic E-state index is 14.0. The molecule has 0 unspecified atom stereocenters. The molecule has 166 valence electrons. The van der Waals surface area contributed by atoms with E-state index >= 15 is 0 Å². The van der Waals surface area contributed by atoms with E-state index in [1.807, 2.05) is 0 Å². The summed E-state index contributed by atoms with van der Waals surface area (Å²) in [4.78, 5) is 31.6. The Bertz CT molecular complexity index is 963. The van der Waals surface area contributed by atoms with Gasteiger partial charge in [0.1, 0.15) is 17.2 Å². The molecule has 2 aliphatic rings. The number of aromatic nitrogens is 2. The summed E-state index contributed by atoms with van der Waals surface area (Å²) in [5, 5.41) is 7.27. The van der Waals surface area contributed by atoms with E-state index in [0.29, 0.717) is 43.7 Å². The van der Waals surface area contributed by atoms with E-state index in [1.165, 1.54) is 4.90 Å². The van der Waals surface area contributed by atoms with Gasteiger partial charge < -0.3 is 14.7 Å². The highest BCUT2D eigenvalue weighted by molar-refractivity contribution is 5.94. The molecule has 0 spiro atoms. The fourth-order valence-electron chi connectivity index (χ4n) is 4.57. The fraction of sp³-hybridized carbons (Fsp3) is 0.545. The number of likely N-dealkylation sites (tertiary alicyclic amines) is 1. The largest absolute Gasteiger partial charge is 0.343 e. The van der Waals surface area contributed by atoms with Gasteiger partial charge in [0.05, 0.1) is 5.56 Å². The molecule has 1 saturated carbocycles. The molecule has 1 aliphatic heterocycles. The second-order valence-corrected chi connectivity index (χ2v) is 8.46.